The number of nitrogens with zero attached hydrogens (tertiary/aromatic N) is 4. The maximum absolute atomic E-state index is 12.5. The van der Waals surface area contributed by atoms with Gasteiger partial charge in [-0.25, -0.2) is 4.98 Å². The Bertz CT molecular complexity index is 603. The number of carbonyl (C=O) groups excluding carboxylic acids is 1. The van der Waals surface area contributed by atoms with Gasteiger partial charge in [-0.3, -0.25) is 9.48 Å². The lowest BCUT2D eigenvalue weighted by atomic mass is 10.1. The minimum absolute atomic E-state index is 0.0944. The van der Waals surface area contributed by atoms with Crippen molar-refractivity contribution in [1.29, 1.82) is 0 Å². The van der Waals surface area contributed by atoms with Crippen LogP contribution in [0.5, 0.6) is 0 Å². The summed E-state index contributed by atoms with van der Waals surface area (Å²) < 4.78 is 1.78. The number of thiazole rings is 1. The number of carbonyl (C=O) groups is 1. The van der Waals surface area contributed by atoms with E-state index in [9.17, 15) is 4.79 Å². The minimum atomic E-state index is 0.0944. The summed E-state index contributed by atoms with van der Waals surface area (Å²) in [5.74, 6) is 0.0944. The van der Waals surface area contributed by atoms with Crippen LogP contribution in [0.25, 0.3) is 0 Å². The van der Waals surface area contributed by atoms with Crippen molar-refractivity contribution in [1.82, 2.24) is 19.7 Å². The first-order valence-electron chi connectivity index (χ1n) is 6.37. The fourth-order valence-corrected chi connectivity index (χ4v) is 3.30. The van der Waals surface area contributed by atoms with Crippen molar-refractivity contribution in [3.8, 4) is 0 Å². The van der Waals surface area contributed by atoms with Gasteiger partial charge in [-0.1, -0.05) is 0 Å². The fraction of sp³-hybridized carbons (Fsp3) is 0.462. The molecule has 1 aliphatic rings. The molecular formula is C13H16N4OS. The molecule has 3 heterocycles. The van der Waals surface area contributed by atoms with Gasteiger partial charge in [0.05, 0.1) is 23.4 Å². The van der Waals surface area contributed by atoms with Crippen LogP contribution in [0.15, 0.2) is 18.6 Å². The fourth-order valence-electron chi connectivity index (χ4n) is 2.57. The standard InChI is InChI=1S/C13H16N4OS/c1-9-14-7-12(19-9)13(18)17-5-3-4-11(17)10-6-15-16(2)8-10/h6-8,11H,3-5H2,1-2H3/t11-/m1/s1. The Hall–Kier alpha value is -1.69. The summed E-state index contributed by atoms with van der Waals surface area (Å²) in [6.07, 6.45) is 7.58. The van der Waals surface area contributed by atoms with Crippen LogP contribution >= 0.6 is 11.3 Å². The topological polar surface area (TPSA) is 51.0 Å². The number of hydrogen-bond donors (Lipinski definition) is 0. The Labute approximate surface area is 115 Å². The van der Waals surface area contributed by atoms with Gasteiger partial charge in [0, 0.05) is 25.4 Å². The number of likely N-dealkylation sites (tertiary alicyclic amines) is 1. The van der Waals surface area contributed by atoms with Crippen LogP contribution in [0.3, 0.4) is 0 Å². The van der Waals surface area contributed by atoms with Crippen LogP contribution in [0.4, 0.5) is 0 Å². The molecule has 0 bridgehead atoms. The highest BCUT2D eigenvalue weighted by molar-refractivity contribution is 7.13. The molecule has 0 spiro atoms. The van der Waals surface area contributed by atoms with Gasteiger partial charge in [0.15, 0.2) is 0 Å². The molecule has 1 fully saturated rings. The van der Waals surface area contributed by atoms with Crippen molar-refractivity contribution in [2.75, 3.05) is 6.54 Å². The van der Waals surface area contributed by atoms with Crippen LogP contribution in [-0.4, -0.2) is 32.1 Å². The molecule has 2 aromatic heterocycles. The molecule has 2 aromatic rings. The molecule has 5 nitrogen and oxygen atoms in total. The van der Waals surface area contributed by atoms with Gasteiger partial charge in [-0.15, -0.1) is 11.3 Å². The highest BCUT2D eigenvalue weighted by Crippen LogP contribution is 2.33. The van der Waals surface area contributed by atoms with Crippen molar-refractivity contribution in [3.05, 3.63) is 34.0 Å². The lowest BCUT2D eigenvalue weighted by molar-refractivity contribution is 0.0740. The van der Waals surface area contributed by atoms with E-state index < -0.39 is 0 Å². The summed E-state index contributed by atoms with van der Waals surface area (Å²) >= 11 is 1.46. The van der Waals surface area contributed by atoms with Crippen LogP contribution < -0.4 is 0 Å². The summed E-state index contributed by atoms with van der Waals surface area (Å²) in [6, 6.07) is 0.156. The third kappa shape index (κ3) is 2.28. The van der Waals surface area contributed by atoms with Crippen LogP contribution in [0.2, 0.25) is 0 Å². The quantitative estimate of drug-likeness (QED) is 0.844. The van der Waals surface area contributed by atoms with Crippen molar-refractivity contribution in [3.63, 3.8) is 0 Å². The smallest absolute Gasteiger partial charge is 0.266 e. The van der Waals surface area contributed by atoms with Gasteiger partial charge in [-0.2, -0.15) is 5.10 Å². The van der Waals surface area contributed by atoms with E-state index in [1.165, 1.54) is 11.3 Å². The molecule has 3 rings (SSSR count). The lowest BCUT2D eigenvalue weighted by Crippen LogP contribution is -2.29. The van der Waals surface area contributed by atoms with Gasteiger partial charge in [-0.05, 0) is 19.8 Å². The largest absolute Gasteiger partial charge is 0.331 e. The molecule has 1 amide bonds. The van der Waals surface area contributed by atoms with Gasteiger partial charge in [0.25, 0.3) is 5.91 Å². The summed E-state index contributed by atoms with van der Waals surface area (Å²) in [5, 5.41) is 5.13. The van der Waals surface area contributed by atoms with E-state index in [1.807, 2.05) is 31.3 Å². The van der Waals surface area contributed by atoms with Crippen LogP contribution in [-0.2, 0) is 7.05 Å². The normalized spacial score (nSPS) is 19.1. The Kier molecular flexibility index (Phi) is 3.10. The second-order valence-corrected chi connectivity index (χ2v) is 6.08. The predicted molar refractivity (Wildman–Crippen MR) is 73.1 cm³/mol. The average Bonchev–Trinajstić information content (AvgIpc) is 3.07. The third-order valence-corrected chi connectivity index (χ3v) is 4.36. The first kappa shape index (κ1) is 12.3. The number of aryl methyl sites for hydroxylation is 2. The minimum Gasteiger partial charge on any atom is -0.331 e. The zero-order valence-electron chi connectivity index (χ0n) is 11.0. The summed E-state index contributed by atoms with van der Waals surface area (Å²) in [5.41, 5.74) is 1.12. The first-order valence-corrected chi connectivity index (χ1v) is 7.19. The van der Waals surface area contributed by atoms with Gasteiger partial charge >= 0.3 is 0 Å². The van der Waals surface area contributed by atoms with Gasteiger partial charge in [0.1, 0.15) is 4.88 Å². The molecule has 1 aliphatic heterocycles. The predicted octanol–water partition coefficient (Wildman–Crippen LogP) is 2.16. The molecule has 0 aromatic carbocycles. The van der Waals surface area contributed by atoms with Crippen molar-refractivity contribution >= 4 is 17.2 Å². The third-order valence-electron chi connectivity index (χ3n) is 3.46. The molecule has 0 saturated carbocycles. The van der Waals surface area contributed by atoms with E-state index in [0.717, 1.165) is 34.8 Å². The number of hydrogen-bond acceptors (Lipinski definition) is 4. The highest BCUT2D eigenvalue weighted by Gasteiger charge is 2.32. The molecule has 1 saturated heterocycles. The van der Waals surface area contributed by atoms with E-state index in [2.05, 4.69) is 10.1 Å². The molecule has 0 unspecified atom stereocenters. The molecule has 0 radical (unpaired) electrons. The van der Waals surface area contributed by atoms with E-state index in [4.69, 9.17) is 0 Å². The SMILES string of the molecule is Cc1ncc(C(=O)N2CCC[C@@H]2c2cnn(C)c2)s1. The maximum Gasteiger partial charge on any atom is 0.266 e. The van der Waals surface area contributed by atoms with E-state index in [1.54, 1.807) is 10.9 Å². The Balaban J connectivity index is 1.85. The molecule has 0 N–H and O–H groups in total. The maximum atomic E-state index is 12.5. The zero-order chi connectivity index (χ0) is 13.4. The van der Waals surface area contributed by atoms with E-state index in [-0.39, 0.29) is 11.9 Å². The molecular weight excluding hydrogens is 260 g/mol. The van der Waals surface area contributed by atoms with Gasteiger partial charge < -0.3 is 4.90 Å². The summed E-state index contributed by atoms with van der Waals surface area (Å²) in [7, 11) is 1.90. The zero-order valence-corrected chi connectivity index (χ0v) is 11.9. The summed E-state index contributed by atoms with van der Waals surface area (Å²) in [4.78, 5) is 19.4. The van der Waals surface area contributed by atoms with E-state index >= 15 is 0 Å². The van der Waals surface area contributed by atoms with Crippen molar-refractivity contribution in [2.45, 2.75) is 25.8 Å². The number of rotatable bonds is 2. The molecule has 0 aliphatic carbocycles. The Morgan fingerprint density at radius 2 is 2.32 bits per heavy atom. The second kappa shape index (κ2) is 4.77. The molecule has 6 heteroatoms. The second-order valence-electron chi connectivity index (χ2n) is 4.85. The molecule has 19 heavy (non-hydrogen) atoms. The van der Waals surface area contributed by atoms with E-state index in [0.29, 0.717) is 0 Å². The average molecular weight is 276 g/mol. The van der Waals surface area contributed by atoms with Crippen LogP contribution in [0.1, 0.15) is 39.1 Å². The molecule has 100 valence electrons. The highest BCUT2D eigenvalue weighted by atomic mass is 32.1. The van der Waals surface area contributed by atoms with Crippen LogP contribution in [0, 0.1) is 6.92 Å². The number of aromatic nitrogens is 3. The Morgan fingerprint density at radius 3 is 2.95 bits per heavy atom. The monoisotopic (exact) mass is 276 g/mol. The lowest BCUT2D eigenvalue weighted by Gasteiger charge is -2.23. The van der Waals surface area contributed by atoms with Crippen molar-refractivity contribution in [2.24, 2.45) is 7.05 Å². The first-order chi connectivity index (χ1) is 9.15. The number of amides is 1. The van der Waals surface area contributed by atoms with Crippen molar-refractivity contribution < 1.29 is 4.79 Å². The molecule has 1 atom stereocenters. The van der Waals surface area contributed by atoms with Gasteiger partial charge in [0.2, 0.25) is 0 Å². The Morgan fingerprint density at radius 1 is 1.47 bits per heavy atom. The summed E-state index contributed by atoms with van der Waals surface area (Å²) in [6.45, 7) is 2.74.